The second-order valence-electron chi connectivity index (χ2n) is 6.13. The Balaban J connectivity index is 0.00000162. The first-order valence-corrected chi connectivity index (χ1v) is 5.93. The third-order valence-electron chi connectivity index (χ3n) is 2.83. The Morgan fingerprint density at radius 3 is 2.67 bits per heavy atom. The lowest BCUT2D eigenvalue weighted by molar-refractivity contribution is -0.118. The highest BCUT2D eigenvalue weighted by Crippen LogP contribution is 2.33. The zero-order valence-electron chi connectivity index (χ0n) is 11.0. The van der Waals surface area contributed by atoms with E-state index < -0.39 is 5.54 Å². The smallest absolute Gasteiger partial charge is 0.245 e. The highest BCUT2D eigenvalue weighted by atomic mass is 35.5. The summed E-state index contributed by atoms with van der Waals surface area (Å²) >= 11 is 0. The van der Waals surface area contributed by atoms with Crippen molar-refractivity contribution in [1.82, 2.24) is 10.2 Å². The fourth-order valence-corrected chi connectivity index (χ4v) is 1.69. The summed E-state index contributed by atoms with van der Waals surface area (Å²) in [6, 6.07) is 1.87. The molecule has 1 fully saturated rings. The minimum absolute atomic E-state index is 0. The fraction of sp³-hybridized carbons (Fsp3) is 0.667. The normalized spacial score (nSPS) is 16.9. The number of nitrogens with two attached hydrogens (primary N) is 1. The van der Waals surface area contributed by atoms with Crippen LogP contribution in [-0.4, -0.2) is 21.6 Å². The van der Waals surface area contributed by atoms with Gasteiger partial charge in [0, 0.05) is 11.8 Å². The van der Waals surface area contributed by atoms with E-state index in [1.54, 1.807) is 0 Å². The van der Waals surface area contributed by atoms with E-state index in [4.69, 9.17) is 5.73 Å². The summed E-state index contributed by atoms with van der Waals surface area (Å²) in [6.45, 7) is 6.47. The zero-order chi connectivity index (χ0) is 12.7. The van der Waals surface area contributed by atoms with Crippen LogP contribution in [0.4, 0.5) is 5.82 Å². The molecule has 0 radical (unpaired) electrons. The topological polar surface area (TPSA) is 83.8 Å². The van der Waals surface area contributed by atoms with Crippen molar-refractivity contribution in [2.75, 3.05) is 5.32 Å². The number of amides is 1. The monoisotopic (exact) mass is 272 g/mol. The summed E-state index contributed by atoms with van der Waals surface area (Å²) in [5.41, 5.74) is 6.36. The number of carbonyl (C=O) groups is 1. The molecule has 4 N–H and O–H groups in total. The highest BCUT2D eigenvalue weighted by Gasteiger charge is 2.46. The van der Waals surface area contributed by atoms with E-state index in [1.165, 1.54) is 0 Å². The number of H-pyrrole nitrogens is 1. The summed E-state index contributed by atoms with van der Waals surface area (Å²) in [4.78, 5) is 11.7. The van der Waals surface area contributed by atoms with Gasteiger partial charge >= 0.3 is 0 Å². The molecule has 0 bridgehead atoms. The van der Waals surface area contributed by atoms with Crippen LogP contribution in [0, 0.1) is 5.41 Å². The standard InChI is InChI=1S/C12H20N4O.ClH/c1-11(2,3)7-8-6-9(16-15-8)14-10(17)12(13)4-5-12;/h6H,4-5,7,13H2,1-3H3,(H2,14,15,16,17);1H. The molecule has 1 saturated carbocycles. The Hall–Kier alpha value is -1.07. The van der Waals surface area contributed by atoms with Crippen LogP contribution in [0.25, 0.3) is 0 Å². The van der Waals surface area contributed by atoms with Crippen LogP contribution >= 0.6 is 12.4 Å². The molecule has 0 unspecified atom stereocenters. The van der Waals surface area contributed by atoms with Crippen LogP contribution in [-0.2, 0) is 11.2 Å². The van der Waals surface area contributed by atoms with Gasteiger partial charge < -0.3 is 11.1 Å². The molecule has 0 saturated heterocycles. The van der Waals surface area contributed by atoms with Gasteiger partial charge in [-0.15, -0.1) is 12.4 Å². The maximum Gasteiger partial charge on any atom is 0.245 e. The molecule has 6 heteroatoms. The summed E-state index contributed by atoms with van der Waals surface area (Å²) < 4.78 is 0. The molecular weight excluding hydrogens is 252 g/mol. The lowest BCUT2D eigenvalue weighted by atomic mass is 9.91. The third kappa shape index (κ3) is 3.71. The summed E-state index contributed by atoms with van der Waals surface area (Å²) in [7, 11) is 0. The number of nitrogens with one attached hydrogen (secondary N) is 2. The Kier molecular flexibility index (Phi) is 4.08. The first kappa shape index (κ1) is 15.0. The van der Waals surface area contributed by atoms with Gasteiger partial charge in [-0.2, -0.15) is 5.10 Å². The number of hydrogen-bond acceptors (Lipinski definition) is 3. The highest BCUT2D eigenvalue weighted by molar-refractivity contribution is 5.99. The SMILES string of the molecule is CC(C)(C)Cc1cc(NC(=O)C2(N)CC2)n[nH]1.Cl. The molecule has 1 heterocycles. The van der Waals surface area contributed by atoms with Crippen molar-refractivity contribution in [3.05, 3.63) is 11.8 Å². The predicted molar refractivity (Wildman–Crippen MR) is 73.8 cm³/mol. The quantitative estimate of drug-likeness (QED) is 0.785. The van der Waals surface area contributed by atoms with Crippen LogP contribution in [0.3, 0.4) is 0 Å². The predicted octanol–water partition coefficient (Wildman–Crippen LogP) is 1.85. The van der Waals surface area contributed by atoms with E-state index in [9.17, 15) is 4.79 Å². The Labute approximate surface area is 113 Å². The van der Waals surface area contributed by atoms with Crippen LogP contribution in [0.15, 0.2) is 6.07 Å². The van der Waals surface area contributed by atoms with Gasteiger partial charge in [0.15, 0.2) is 5.82 Å². The summed E-state index contributed by atoms with van der Waals surface area (Å²) in [5.74, 6) is 0.428. The molecule has 0 atom stereocenters. The molecule has 2 rings (SSSR count). The number of aromatic nitrogens is 2. The maximum absolute atomic E-state index is 11.7. The fourth-order valence-electron chi connectivity index (χ4n) is 1.69. The number of hydrogen-bond donors (Lipinski definition) is 3. The van der Waals surface area contributed by atoms with Crippen molar-refractivity contribution in [3.8, 4) is 0 Å². The number of carbonyl (C=O) groups excluding carboxylic acids is 1. The molecule has 1 aromatic rings. The van der Waals surface area contributed by atoms with Gasteiger partial charge in [0.2, 0.25) is 5.91 Å². The lowest BCUT2D eigenvalue weighted by Gasteiger charge is -2.15. The van der Waals surface area contributed by atoms with Crippen molar-refractivity contribution < 1.29 is 4.79 Å². The van der Waals surface area contributed by atoms with Crippen LogP contribution in [0.5, 0.6) is 0 Å². The number of aromatic amines is 1. The first-order chi connectivity index (χ1) is 7.78. The molecule has 0 aliphatic heterocycles. The van der Waals surface area contributed by atoms with Gasteiger partial charge in [0.05, 0.1) is 5.54 Å². The van der Waals surface area contributed by atoms with Crippen LogP contribution < -0.4 is 11.1 Å². The summed E-state index contributed by atoms with van der Waals surface area (Å²) in [6.07, 6.45) is 2.42. The second kappa shape index (κ2) is 4.90. The molecular formula is C12H21ClN4O. The zero-order valence-corrected chi connectivity index (χ0v) is 11.9. The third-order valence-corrected chi connectivity index (χ3v) is 2.83. The van der Waals surface area contributed by atoms with E-state index >= 15 is 0 Å². The minimum Gasteiger partial charge on any atom is -0.317 e. The molecule has 102 valence electrons. The van der Waals surface area contributed by atoms with Crippen LogP contribution in [0.2, 0.25) is 0 Å². The molecule has 5 nitrogen and oxygen atoms in total. The van der Waals surface area contributed by atoms with E-state index in [0.29, 0.717) is 5.82 Å². The van der Waals surface area contributed by atoms with E-state index in [2.05, 4.69) is 36.3 Å². The largest absolute Gasteiger partial charge is 0.317 e. The van der Waals surface area contributed by atoms with Gasteiger partial charge in [-0.3, -0.25) is 9.89 Å². The minimum atomic E-state index is -0.650. The van der Waals surface area contributed by atoms with Crippen LogP contribution in [0.1, 0.15) is 39.3 Å². The van der Waals surface area contributed by atoms with Gasteiger partial charge in [0.25, 0.3) is 0 Å². The van der Waals surface area contributed by atoms with Crippen molar-refractivity contribution in [3.63, 3.8) is 0 Å². The number of nitrogens with zero attached hydrogens (tertiary/aromatic N) is 1. The van der Waals surface area contributed by atoms with Crippen molar-refractivity contribution in [2.45, 2.75) is 45.6 Å². The van der Waals surface area contributed by atoms with Gasteiger partial charge in [-0.1, -0.05) is 20.8 Å². The maximum atomic E-state index is 11.7. The van der Waals surface area contributed by atoms with Crippen molar-refractivity contribution in [2.24, 2.45) is 11.1 Å². The molecule has 18 heavy (non-hydrogen) atoms. The van der Waals surface area contributed by atoms with Crippen molar-refractivity contribution >= 4 is 24.1 Å². The van der Waals surface area contributed by atoms with Gasteiger partial charge in [-0.25, -0.2) is 0 Å². The molecule has 1 aromatic heterocycles. The molecule has 1 amide bonds. The van der Waals surface area contributed by atoms with Gasteiger partial charge in [0.1, 0.15) is 0 Å². The Morgan fingerprint density at radius 1 is 1.56 bits per heavy atom. The first-order valence-electron chi connectivity index (χ1n) is 5.93. The second-order valence-corrected chi connectivity index (χ2v) is 6.13. The average molecular weight is 273 g/mol. The number of anilines is 1. The summed E-state index contributed by atoms with van der Waals surface area (Å²) in [5, 5.41) is 9.75. The molecule has 0 aromatic carbocycles. The van der Waals surface area contributed by atoms with E-state index in [0.717, 1.165) is 25.0 Å². The molecule has 0 spiro atoms. The Bertz CT molecular complexity index is 432. The Morgan fingerprint density at radius 2 is 2.17 bits per heavy atom. The number of halogens is 1. The molecule has 1 aliphatic carbocycles. The van der Waals surface area contributed by atoms with Crippen molar-refractivity contribution in [1.29, 1.82) is 0 Å². The lowest BCUT2D eigenvalue weighted by Crippen LogP contribution is -2.37. The van der Waals surface area contributed by atoms with E-state index in [1.807, 2.05) is 6.07 Å². The number of rotatable bonds is 3. The van der Waals surface area contributed by atoms with Gasteiger partial charge in [-0.05, 0) is 24.7 Å². The molecule has 1 aliphatic rings. The van der Waals surface area contributed by atoms with E-state index in [-0.39, 0.29) is 23.7 Å². The average Bonchev–Trinajstić information content (AvgIpc) is 2.78.